The molecule has 0 radical (unpaired) electrons. The van der Waals surface area contributed by atoms with Crippen molar-refractivity contribution in [2.24, 2.45) is 0 Å². The van der Waals surface area contributed by atoms with Gasteiger partial charge in [0.05, 0.1) is 12.3 Å². The van der Waals surface area contributed by atoms with E-state index in [1.807, 2.05) is 0 Å². The van der Waals surface area contributed by atoms with Crippen molar-refractivity contribution in [3.8, 4) is 11.6 Å². The summed E-state index contributed by atoms with van der Waals surface area (Å²) < 4.78 is 6.41. The van der Waals surface area contributed by atoms with Gasteiger partial charge in [-0.3, -0.25) is 4.98 Å². The highest BCUT2D eigenvalue weighted by molar-refractivity contribution is 9.10. The highest BCUT2D eigenvalue weighted by Crippen LogP contribution is 2.27. The summed E-state index contributed by atoms with van der Waals surface area (Å²) in [5.74, 6) is 0.961. The second kappa shape index (κ2) is 5.25. The maximum atomic E-state index is 9.59. The van der Waals surface area contributed by atoms with Crippen molar-refractivity contribution in [1.29, 1.82) is 0 Å². The van der Waals surface area contributed by atoms with Crippen molar-refractivity contribution in [1.82, 2.24) is 9.97 Å². The van der Waals surface area contributed by atoms with Crippen LogP contribution in [0.4, 0.5) is 0 Å². The van der Waals surface area contributed by atoms with Crippen molar-refractivity contribution in [2.45, 2.75) is 13.0 Å². The number of nitrogens with zero attached hydrogens (tertiary/aromatic N) is 2. The number of aromatic nitrogens is 2. The Morgan fingerprint density at radius 3 is 2.94 bits per heavy atom. The first-order valence-electron chi connectivity index (χ1n) is 5.08. The average molecular weight is 295 g/mol. The zero-order valence-corrected chi connectivity index (χ0v) is 10.8. The molecule has 0 aliphatic heterocycles. The summed E-state index contributed by atoms with van der Waals surface area (Å²) in [6.45, 7) is 1.67. The smallest absolute Gasteiger partial charge is 0.225 e. The van der Waals surface area contributed by atoms with Crippen molar-refractivity contribution in [3.63, 3.8) is 0 Å². The van der Waals surface area contributed by atoms with E-state index in [9.17, 15) is 5.11 Å². The maximum Gasteiger partial charge on any atom is 0.225 e. The standard InChI is InChI=1S/C12H11BrN2O2/c1-8(16)11-3-2-4-15-12(11)17-10-5-9(13)6-14-7-10/h2-8,16H,1H3/t8-/m1/s1. The van der Waals surface area contributed by atoms with Crippen LogP contribution in [0.5, 0.6) is 11.6 Å². The van der Waals surface area contributed by atoms with E-state index in [1.165, 1.54) is 0 Å². The molecule has 0 aromatic carbocycles. The topological polar surface area (TPSA) is 55.2 Å². The summed E-state index contributed by atoms with van der Waals surface area (Å²) in [4.78, 5) is 8.09. The number of hydrogen-bond acceptors (Lipinski definition) is 4. The molecule has 0 amide bonds. The van der Waals surface area contributed by atoms with Gasteiger partial charge in [0.1, 0.15) is 5.75 Å². The molecular weight excluding hydrogens is 284 g/mol. The summed E-state index contributed by atoms with van der Waals surface area (Å²) in [6, 6.07) is 5.32. The Balaban J connectivity index is 2.30. The van der Waals surface area contributed by atoms with E-state index in [-0.39, 0.29) is 0 Å². The van der Waals surface area contributed by atoms with E-state index in [4.69, 9.17) is 4.74 Å². The first-order valence-corrected chi connectivity index (χ1v) is 5.87. The summed E-state index contributed by atoms with van der Waals surface area (Å²) in [5, 5.41) is 9.59. The minimum atomic E-state index is -0.626. The lowest BCUT2D eigenvalue weighted by atomic mass is 10.2. The van der Waals surface area contributed by atoms with Crippen LogP contribution in [0.15, 0.2) is 41.3 Å². The molecule has 0 aliphatic carbocycles. The first kappa shape index (κ1) is 12.0. The van der Waals surface area contributed by atoms with Gasteiger partial charge in [-0.1, -0.05) is 0 Å². The van der Waals surface area contributed by atoms with Gasteiger partial charge in [-0.15, -0.1) is 0 Å². The van der Waals surface area contributed by atoms with Crippen LogP contribution in [-0.2, 0) is 0 Å². The molecule has 0 unspecified atom stereocenters. The van der Waals surface area contributed by atoms with Gasteiger partial charge < -0.3 is 9.84 Å². The summed E-state index contributed by atoms with van der Waals surface area (Å²) in [6.07, 6.45) is 4.25. The Kier molecular flexibility index (Phi) is 3.71. The van der Waals surface area contributed by atoms with Crippen molar-refractivity contribution in [3.05, 3.63) is 46.8 Å². The lowest BCUT2D eigenvalue weighted by Gasteiger charge is -2.11. The second-order valence-corrected chi connectivity index (χ2v) is 4.43. The Morgan fingerprint density at radius 2 is 2.24 bits per heavy atom. The third kappa shape index (κ3) is 3.01. The molecule has 0 saturated carbocycles. The van der Waals surface area contributed by atoms with Gasteiger partial charge in [0.25, 0.3) is 0 Å². The zero-order valence-electron chi connectivity index (χ0n) is 9.17. The second-order valence-electron chi connectivity index (χ2n) is 3.51. The summed E-state index contributed by atoms with van der Waals surface area (Å²) >= 11 is 3.31. The predicted molar refractivity (Wildman–Crippen MR) is 66.9 cm³/mol. The molecule has 5 heteroatoms. The Morgan fingerprint density at radius 1 is 1.41 bits per heavy atom. The fourth-order valence-corrected chi connectivity index (χ4v) is 1.71. The normalized spacial score (nSPS) is 12.2. The highest BCUT2D eigenvalue weighted by atomic mass is 79.9. The molecule has 2 heterocycles. The molecule has 2 rings (SSSR count). The number of rotatable bonds is 3. The van der Waals surface area contributed by atoms with E-state index in [0.717, 1.165) is 4.47 Å². The summed E-state index contributed by atoms with van der Waals surface area (Å²) in [7, 11) is 0. The van der Waals surface area contributed by atoms with Crippen LogP contribution in [-0.4, -0.2) is 15.1 Å². The van der Waals surface area contributed by atoms with Gasteiger partial charge >= 0.3 is 0 Å². The lowest BCUT2D eigenvalue weighted by molar-refractivity contribution is 0.194. The van der Waals surface area contributed by atoms with Crippen LogP contribution in [0.2, 0.25) is 0 Å². The fourth-order valence-electron chi connectivity index (χ4n) is 1.37. The molecule has 0 spiro atoms. The Bertz CT molecular complexity index is 517. The first-order chi connectivity index (χ1) is 8.16. The average Bonchev–Trinajstić information content (AvgIpc) is 2.29. The quantitative estimate of drug-likeness (QED) is 0.945. The monoisotopic (exact) mass is 294 g/mol. The third-order valence-corrected chi connectivity index (χ3v) is 2.58. The number of halogens is 1. The van der Waals surface area contributed by atoms with Crippen molar-refractivity contribution in [2.75, 3.05) is 0 Å². The van der Waals surface area contributed by atoms with E-state index < -0.39 is 6.10 Å². The minimum Gasteiger partial charge on any atom is -0.437 e. The predicted octanol–water partition coefficient (Wildman–Crippen LogP) is 3.08. The molecule has 4 nitrogen and oxygen atoms in total. The lowest BCUT2D eigenvalue weighted by Crippen LogP contribution is -1.98. The molecule has 2 aromatic heterocycles. The summed E-state index contributed by atoms with van der Waals surface area (Å²) in [5.41, 5.74) is 0.646. The minimum absolute atomic E-state index is 0.391. The SMILES string of the molecule is C[C@@H](O)c1cccnc1Oc1cncc(Br)c1. The number of ether oxygens (including phenoxy) is 1. The van der Waals surface area contributed by atoms with Gasteiger partial charge in [-0.05, 0) is 41.1 Å². The molecule has 1 atom stereocenters. The largest absolute Gasteiger partial charge is 0.437 e. The van der Waals surface area contributed by atoms with Gasteiger partial charge in [-0.25, -0.2) is 4.98 Å². The number of hydrogen-bond donors (Lipinski definition) is 1. The zero-order chi connectivity index (χ0) is 12.3. The number of aliphatic hydroxyl groups excluding tert-OH is 1. The molecule has 88 valence electrons. The molecule has 0 saturated heterocycles. The van der Waals surface area contributed by atoms with E-state index in [1.54, 1.807) is 43.7 Å². The number of aliphatic hydroxyl groups is 1. The third-order valence-electron chi connectivity index (χ3n) is 2.14. The Labute approximate surface area is 107 Å². The van der Waals surface area contributed by atoms with E-state index in [2.05, 4.69) is 25.9 Å². The molecular formula is C12H11BrN2O2. The van der Waals surface area contributed by atoms with Gasteiger partial charge in [0.2, 0.25) is 5.88 Å². The Hall–Kier alpha value is -1.46. The van der Waals surface area contributed by atoms with Crippen LogP contribution in [0.1, 0.15) is 18.6 Å². The molecule has 0 bridgehead atoms. The van der Waals surface area contributed by atoms with Crippen LogP contribution >= 0.6 is 15.9 Å². The van der Waals surface area contributed by atoms with Crippen LogP contribution in [0, 0.1) is 0 Å². The van der Waals surface area contributed by atoms with Gasteiger partial charge in [0.15, 0.2) is 0 Å². The van der Waals surface area contributed by atoms with Crippen molar-refractivity contribution >= 4 is 15.9 Å². The number of pyridine rings is 2. The highest BCUT2D eigenvalue weighted by Gasteiger charge is 2.10. The van der Waals surface area contributed by atoms with Crippen molar-refractivity contribution < 1.29 is 9.84 Å². The molecule has 1 N–H and O–H groups in total. The molecule has 17 heavy (non-hydrogen) atoms. The molecule has 2 aromatic rings. The van der Waals surface area contributed by atoms with E-state index >= 15 is 0 Å². The van der Waals surface area contributed by atoms with E-state index in [0.29, 0.717) is 17.2 Å². The van der Waals surface area contributed by atoms with Gasteiger partial charge in [-0.2, -0.15) is 0 Å². The van der Waals surface area contributed by atoms with Crippen LogP contribution in [0.25, 0.3) is 0 Å². The molecule has 0 aliphatic rings. The van der Waals surface area contributed by atoms with Crippen LogP contribution < -0.4 is 4.74 Å². The maximum absolute atomic E-state index is 9.59. The van der Waals surface area contributed by atoms with Crippen LogP contribution in [0.3, 0.4) is 0 Å². The fraction of sp³-hybridized carbons (Fsp3) is 0.167. The molecule has 0 fully saturated rings. The van der Waals surface area contributed by atoms with Gasteiger partial charge in [0, 0.05) is 22.4 Å².